The van der Waals surface area contributed by atoms with Crippen LogP contribution in [0.25, 0.3) is 0 Å². The van der Waals surface area contributed by atoms with Crippen molar-refractivity contribution in [1.29, 1.82) is 0 Å². The third-order valence-corrected chi connectivity index (χ3v) is 6.84. The van der Waals surface area contributed by atoms with Crippen molar-refractivity contribution in [3.8, 4) is 5.75 Å². The summed E-state index contributed by atoms with van der Waals surface area (Å²) in [6.45, 7) is 6.23. The van der Waals surface area contributed by atoms with Gasteiger partial charge in [0.15, 0.2) is 6.61 Å². The van der Waals surface area contributed by atoms with Gasteiger partial charge in [0.25, 0.3) is 5.91 Å². The number of nitrogens with zero attached hydrogens (tertiary/aromatic N) is 1. The van der Waals surface area contributed by atoms with Crippen LogP contribution in [0.1, 0.15) is 43.9 Å². The molecule has 1 N–H and O–H groups in total. The molecule has 0 saturated heterocycles. The van der Waals surface area contributed by atoms with Crippen molar-refractivity contribution in [1.82, 2.24) is 10.2 Å². The van der Waals surface area contributed by atoms with E-state index in [0.717, 1.165) is 28.4 Å². The van der Waals surface area contributed by atoms with E-state index in [1.807, 2.05) is 92.7 Å². The smallest absolute Gasteiger partial charge is 0.261 e. The highest BCUT2D eigenvalue weighted by Crippen LogP contribution is 2.26. The van der Waals surface area contributed by atoms with E-state index >= 15 is 0 Å². The molecule has 6 heteroatoms. The highest BCUT2D eigenvalue weighted by Gasteiger charge is 2.31. The fourth-order valence-electron chi connectivity index (χ4n) is 3.88. The zero-order valence-corrected chi connectivity index (χ0v) is 22.8. The van der Waals surface area contributed by atoms with Gasteiger partial charge in [-0.2, -0.15) is 0 Å². The Hall–Kier alpha value is -3.12. The Morgan fingerprint density at radius 3 is 2.14 bits per heavy atom. The molecule has 3 aromatic carbocycles. The number of aryl methyl sites for hydroxylation is 1. The zero-order valence-electron chi connectivity index (χ0n) is 21.2. The monoisotopic (exact) mass is 550 g/mol. The van der Waals surface area contributed by atoms with E-state index in [2.05, 4.69) is 28.2 Å². The molecule has 0 aliphatic rings. The second kappa shape index (κ2) is 13.8. The van der Waals surface area contributed by atoms with Gasteiger partial charge in [0.1, 0.15) is 11.8 Å². The van der Waals surface area contributed by atoms with Crippen LogP contribution in [0, 0.1) is 0 Å². The second-order valence-electron chi connectivity index (χ2n) is 8.94. The van der Waals surface area contributed by atoms with Crippen LogP contribution in [-0.2, 0) is 29.0 Å². The molecule has 2 atom stereocenters. The van der Waals surface area contributed by atoms with E-state index in [4.69, 9.17) is 4.74 Å². The molecule has 0 saturated carbocycles. The summed E-state index contributed by atoms with van der Waals surface area (Å²) < 4.78 is 6.73. The number of rotatable bonds is 12. The molecule has 2 amide bonds. The van der Waals surface area contributed by atoms with Crippen LogP contribution in [0.15, 0.2) is 83.3 Å². The summed E-state index contributed by atoms with van der Waals surface area (Å²) in [4.78, 5) is 28.8. The maximum absolute atomic E-state index is 13.7. The van der Waals surface area contributed by atoms with Gasteiger partial charge < -0.3 is 15.0 Å². The molecule has 0 aliphatic carbocycles. The molecule has 0 heterocycles. The summed E-state index contributed by atoms with van der Waals surface area (Å²) in [5.41, 5.74) is 3.12. The third-order valence-electron chi connectivity index (χ3n) is 6.22. The molecule has 36 heavy (non-hydrogen) atoms. The third kappa shape index (κ3) is 7.95. The topological polar surface area (TPSA) is 58.6 Å². The van der Waals surface area contributed by atoms with E-state index in [-0.39, 0.29) is 24.5 Å². The summed E-state index contributed by atoms with van der Waals surface area (Å²) in [6, 6.07) is 24.7. The van der Waals surface area contributed by atoms with Crippen LogP contribution in [0.2, 0.25) is 0 Å². The Bertz CT molecular complexity index is 1120. The van der Waals surface area contributed by atoms with E-state index in [1.54, 1.807) is 4.90 Å². The molecule has 0 radical (unpaired) electrons. The van der Waals surface area contributed by atoms with Crippen LogP contribution in [0.5, 0.6) is 5.75 Å². The number of carbonyl (C=O) groups excluding carboxylic acids is 2. The molecule has 190 valence electrons. The van der Waals surface area contributed by atoms with Crippen molar-refractivity contribution in [2.24, 2.45) is 0 Å². The van der Waals surface area contributed by atoms with Gasteiger partial charge in [-0.1, -0.05) is 80.6 Å². The highest BCUT2D eigenvalue weighted by molar-refractivity contribution is 9.10. The zero-order chi connectivity index (χ0) is 25.9. The van der Waals surface area contributed by atoms with Gasteiger partial charge in [0.2, 0.25) is 5.91 Å². The highest BCUT2D eigenvalue weighted by atomic mass is 79.9. The minimum Gasteiger partial charge on any atom is -0.483 e. The van der Waals surface area contributed by atoms with Crippen molar-refractivity contribution in [2.75, 3.05) is 6.61 Å². The predicted molar refractivity (Wildman–Crippen MR) is 148 cm³/mol. The molecular formula is C30H35BrN2O3. The normalized spacial score (nSPS) is 12.4. The van der Waals surface area contributed by atoms with Gasteiger partial charge >= 0.3 is 0 Å². The van der Waals surface area contributed by atoms with Crippen molar-refractivity contribution in [3.63, 3.8) is 0 Å². The van der Waals surface area contributed by atoms with Crippen molar-refractivity contribution in [2.45, 2.75) is 58.7 Å². The first-order valence-corrected chi connectivity index (χ1v) is 13.3. The van der Waals surface area contributed by atoms with E-state index in [1.165, 1.54) is 5.56 Å². The largest absolute Gasteiger partial charge is 0.483 e. The molecule has 0 bridgehead atoms. The van der Waals surface area contributed by atoms with Crippen LogP contribution < -0.4 is 10.1 Å². The van der Waals surface area contributed by atoms with Gasteiger partial charge in [-0.05, 0) is 64.5 Å². The number of hydrogen-bond acceptors (Lipinski definition) is 3. The number of amides is 2. The first-order valence-electron chi connectivity index (χ1n) is 12.5. The summed E-state index contributed by atoms with van der Waals surface area (Å²) in [5.74, 6) is 0.195. The Morgan fingerprint density at radius 2 is 1.56 bits per heavy atom. The lowest BCUT2D eigenvalue weighted by atomic mass is 10.0. The fraction of sp³-hybridized carbons (Fsp3) is 0.333. The molecule has 0 aliphatic heterocycles. The molecule has 0 aromatic heterocycles. The predicted octanol–water partition coefficient (Wildman–Crippen LogP) is 5.95. The number of hydrogen-bond donors (Lipinski definition) is 1. The number of nitrogens with one attached hydrogen (secondary N) is 1. The maximum Gasteiger partial charge on any atom is 0.261 e. The summed E-state index contributed by atoms with van der Waals surface area (Å²) in [6.07, 6.45) is 2.13. The van der Waals surface area contributed by atoms with Crippen LogP contribution in [0.3, 0.4) is 0 Å². The van der Waals surface area contributed by atoms with E-state index < -0.39 is 6.04 Å². The minimum atomic E-state index is -0.677. The molecule has 0 unspecified atom stereocenters. The second-order valence-corrected chi connectivity index (χ2v) is 9.79. The first-order chi connectivity index (χ1) is 17.4. The molecule has 3 aromatic rings. The fourth-order valence-corrected chi connectivity index (χ4v) is 4.42. The lowest BCUT2D eigenvalue weighted by Gasteiger charge is -2.32. The number of benzene rings is 3. The molecule has 0 spiro atoms. The van der Waals surface area contributed by atoms with E-state index in [9.17, 15) is 9.59 Å². The van der Waals surface area contributed by atoms with Gasteiger partial charge in [-0.3, -0.25) is 9.59 Å². The van der Waals surface area contributed by atoms with Gasteiger partial charge in [-0.25, -0.2) is 0 Å². The van der Waals surface area contributed by atoms with Crippen molar-refractivity contribution >= 4 is 27.7 Å². The van der Waals surface area contributed by atoms with Crippen LogP contribution >= 0.6 is 15.9 Å². The summed E-state index contributed by atoms with van der Waals surface area (Å²) in [7, 11) is 0. The molecule has 0 fully saturated rings. The molecule has 3 rings (SSSR count). The van der Waals surface area contributed by atoms with Gasteiger partial charge in [0, 0.05) is 19.0 Å². The average Bonchev–Trinajstić information content (AvgIpc) is 2.90. The van der Waals surface area contributed by atoms with Crippen molar-refractivity contribution < 1.29 is 14.3 Å². The quantitative estimate of drug-likeness (QED) is 0.303. The van der Waals surface area contributed by atoms with Gasteiger partial charge in [0.05, 0.1) is 4.47 Å². The first kappa shape index (κ1) is 27.5. The molecule has 5 nitrogen and oxygen atoms in total. The number of ether oxygens (including phenoxy) is 1. The Kier molecular flexibility index (Phi) is 10.6. The Labute approximate surface area is 223 Å². The van der Waals surface area contributed by atoms with Crippen LogP contribution in [-0.4, -0.2) is 35.4 Å². The SMILES string of the molecule is CCc1ccc(OCC(=O)N(Cc2ccccc2)[C@@H](Cc2ccccc2)C(=O)N[C@H](C)CC)c(Br)c1. The molecular weight excluding hydrogens is 516 g/mol. The lowest BCUT2D eigenvalue weighted by molar-refractivity contribution is -0.143. The number of halogens is 1. The average molecular weight is 552 g/mol. The van der Waals surface area contributed by atoms with E-state index in [0.29, 0.717) is 18.7 Å². The lowest BCUT2D eigenvalue weighted by Crippen LogP contribution is -2.53. The summed E-state index contributed by atoms with van der Waals surface area (Å²) >= 11 is 3.55. The summed E-state index contributed by atoms with van der Waals surface area (Å²) in [5, 5.41) is 3.09. The Morgan fingerprint density at radius 1 is 0.917 bits per heavy atom. The van der Waals surface area contributed by atoms with Crippen molar-refractivity contribution in [3.05, 3.63) is 100 Å². The maximum atomic E-state index is 13.7. The van der Waals surface area contributed by atoms with Gasteiger partial charge in [-0.15, -0.1) is 0 Å². The number of carbonyl (C=O) groups is 2. The van der Waals surface area contributed by atoms with Crippen LogP contribution in [0.4, 0.5) is 0 Å². The Balaban J connectivity index is 1.89. The standard InChI is InChI=1S/C30H35BrN2O3/c1-4-22(3)32-30(35)27(19-24-12-8-6-9-13-24)33(20-25-14-10-7-11-15-25)29(34)21-36-28-17-16-23(5-2)18-26(28)31/h6-18,22,27H,4-5,19-21H2,1-3H3,(H,32,35)/t22-,27+/m1/s1. The minimum absolute atomic E-state index is 0.00809.